The molecule has 3 N–H and O–H groups in total. The zero-order valence-corrected chi connectivity index (χ0v) is 8.23. The fraction of sp³-hybridized carbons (Fsp3) is 0.500. The molecule has 0 spiro atoms. The first-order valence-corrected chi connectivity index (χ1v) is 4.86. The van der Waals surface area contributed by atoms with Gasteiger partial charge in [-0.3, -0.25) is 4.98 Å². The number of hydrogen-bond acceptors (Lipinski definition) is 4. The van der Waals surface area contributed by atoms with Crippen molar-refractivity contribution >= 4 is 5.69 Å². The molecule has 14 heavy (non-hydrogen) atoms. The van der Waals surface area contributed by atoms with Crippen LogP contribution in [0.3, 0.4) is 0 Å². The molecule has 0 amide bonds. The van der Waals surface area contributed by atoms with Gasteiger partial charge in [-0.25, -0.2) is 0 Å². The van der Waals surface area contributed by atoms with Crippen molar-refractivity contribution in [3.05, 3.63) is 18.5 Å². The molecule has 4 nitrogen and oxygen atoms in total. The van der Waals surface area contributed by atoms with Crippen molar-refractivity contribution in [3.8, 4) is 5.75 Å². The lowest BCUT2D eigenvalue weighted by molar-refractivity contribution is 0.133. The van der Waals surface area contributed by atoms with E-state index in [2.05, 4.69) is 17.2 Å². The maximum Gasteiger partial charge on any atom is 0.140 e. The summed E-state index contributed by atoms with van der Waals surface area (Å²) in [5, 5.41) is 3.30. The van der Waals surface area contributed by atoms with Gasteiger partial charge in [0.25, 0.3) is 0 Å². The van der Waals surface area contributed by atoms with E-state index in [4.69, 9.17) is 10.5 Å². The van der Waals surface area contributed by atoms with Crippen LogP contribution in [0.2, 0.25) is 0 Å². The Kier molecular flexibility index (Phi) is 2.54. The number of nitrogens with zero attached hydrogens (tertiary/aromatic N) is 1. The smallest absolute Gasteiger partial charge is 0.140 e. The lowest BCUT2D eigenvalue weighted by Crippen LogP contribution is -2.51. The van der Waals surface area contributed by atoms with Crippen LogP contribution < -0.4 is 15.8 Å². The maximum atomic E-state index is 5.69. The third kappa shape index (κ3) is 1.96. The minimum absolute atomic E-state index is 0.173. The molecule has 0 aromatic carbocycles. The minimum atomic E-state index is 0.173. The van der Waals surface area contributed by atoms with Gasteiger partial charge in [-0.1, -0.05) is 0 Å². The Labute approximate surface area is 83.5 Å². The van der Waals surface area contributed by atoms with Gasteiger partial charge in [-0.2, -0.15) is 0 Å². The summed E-state index contributed by atoms with van der Waals surface area (Å²) in [5.74, 6) is 0.742. The molecule has 1 saturated heterocycles. The first-order valence-electron chi connectivity index (χ1n) is 4.86. The van der Waals surface area contributed by atoms with Gasteiger partial charge < -0.3 is 15.8 Å². The highest BCUT2D eigenvalue weighted by atomic mass is 16.5. The third-order valence-electron chi connectivity index (χ3n) is 2.48. The highest BCUT2D eigenvalue weighted by molar-refractivity contribution is 5.40. The standard InChI is InChI=1S/C10H15N3O/c1-7(10-2-3-13-10)14-9-4-8(11)5-12-6-9/h4-7,10,13H,2-3,11H2,1H3/t7?,10-/m0/s1. The molecule has 4 heteroatoms. The number of pyridine rings is 1. The molecule has 2 heterocycles. The predicted octanol–water partition coefficient (Wildman–Crippen LogP) is 0.793. The molecule has 1 unspecified atom stereocenters. The van der Waals surface area contributed by atoms with Crippen LogP contribution in [-0.2, 0) is 0 Å². The van der Waals surface area contributed by atoms with Crippen LogP contribution in [0.4, 0.5) is 5.69 Å². The summed E-state index contributed by atoms with van der Waals surface area (Å²) < 4.78 is 5.69. The molecule has 2 atom stereocenters. The van der Waals surface area contributed by atoms with Gasteiger partial charge in [0.05, 0.1) is 18.1 Å². The Morgan fingerprint density at radius 1 is 1.64 bits per heavy atom. The lowest BCUT2D eigenvalue weighted by atomic mass is 10.0. The van der Waals surface area contributed by atoms with Crippen LogP contribution in [0, 0.1) is 0 Å². The Bertz CT molecular complexity index is 312. The summed E-state index contributed by atoms with van der Waals surface area (Å²) >= 11 is 0. The topological polar surface area (TPSA) is 60.2 Å². The monoisotopic (exact) mass is 193 g/mol. The highest BCUT2D eigenvalue weighted by Gasteiger charge is 2.24. The van der Waals surface area contributed by atoms with E-state index < -0.39 is 0 Å². The Hall–Kier alpha value is -1.29. The van der Waals surface area contributed by atoms with Crippen LogP contribution in [0.5, 0.6) is 5.75 Å². The summed E-state index contributed by atoms with van der Waals surface area (Å²) in [6.45, 7) is 3.15. The van der Waals surface area contributed by atoms with Crippen LogP contribution >= 0.6 is 0 Å². The molecule has 1 fully saturated rings. The molecular formula is C10H15N3O. The molecule has 1 aromatic heterocycles. The molecule has 0 radical (unpaired) electrons. The van der Waals surface area contributed by atoms with Crippen molar-refractivity contribution in [2.24, 2.45) is 0 Å². The summed E-state index contributed by atoms with van der Waals surface area (Å²) in [4.78, 5) is 3.97. The van der Waals surface area contributed by atoms with Crippen molar-refractivity contribution < 1.29 is 4.74 Å². The Morgan fingerprint density at radius 3 is 3.00 bits per heavy atom. The van der Waals surface area contributed by atoms with Gasteiger partial charge in [0.2, 0.25) is 0 Å². The molecule has 76 valence electrons. The third-order valence-corrected chi connectivity index (χ3v) is 2.48. The maximum absolute atomic E-state index is 5.69. The Morgan fingerprint density at radius 2 is 2.43 bits per heavy atom. The molecular weight excluding hydrogens is 178 g/mol. The molecule has 1 aliphatic heterocycles. The molecule has 0 saturated carbocycles. The van der Waals surface area contributed by atoms with Crippen LogP contribution in [0.15, 0.2) is 18.5 Å². The first kappa shape index (κ1) is 9.27. The van der Waals surface area contributed by atoms with E-state index in [-0.39, 0.29) is 6.10 Å². The molecule has 1 aromatic rings. The number of nitrogens with two attached hydrogens (primary N) is 1. The van der Waals surface area contributed by atoms with Crippen LogP contribution in [-0.4, -0.2) is 23.7 Å². The normalized spacial score (nSPS) is 22.5. The largest absolute Gasteiger partial charge is 0.487 e. The van der Waals surface area contributed by atoms with Crippen molar-refractivity contribution in [1.29, 1.82) is 0 Å². The van der Waals surface area contributed by atoms with Gasteiger partial charge >= 0.3 is 0 Å². The second-order valence-electron chi connectivity index (χ2n) is 3.63. The lowest BCUT2D eigenvalue weighted by Gasteiger charge is -2.33. The van der Waals surface area contributed by atoms with E-state index in [1.165, 1.54) is 6.42 Å². The van der Waals surface area contributed by atoms with Crippen LogP contribution in [0.1, 0.15) is 13.3 Å². The molecule has 0 bridgehead atoms. The summed E-state index contributed by atoms with van der Waals surface area (Å²) in [6.07, 6.45) is 4.65. The number of nitrogens with one attached hydrogen (secondary N) is 1. The number of hydrogen-bond donors (Lipinski definition) is 2. The number of rotatable bonds is 3. The van der Waals surface area contributed by atoms with E-state index in [0.29, 0.717) is 11.7 Å². The quantitative estimate of drug-likeness (QED) is 0.745. The zero-order valence-electron chi connectivity index (χ0n) is 8.23. The summed E-state index contributed by atoms with van der Waals surface area (Å²) in [7, 11) is 0. The predicted molar refractivity (Wildman–Crippen MR) is 55.1 cm³/mol. The van der Waals surface area contributed by atoms with Gasteiger partial charge in [0.1, 0.15) is 11.9 Å². The van der Waals surface area contributed by atoms with Crippen molar-refractivity contribution in [3.63, 3.8) is 0 Å². The SMILES string of the molecule is CC(Oc1cncc(N)c1)[C@@H]1CCN1. The minimum Gasteiger partial charge on any atom is -0.487 e. The number of nitrogen functional groups attached to an aromatic ring is 1. The van der Waals surface area contributed by atoms with Gasteiger partial charge in [-0.15, -0.1) is 0 Å². The highest BCUT2D eigenvalue weighted by Crippen LogP contribution is 2.17. The van der Waals surface area contributed by atoms with E-state index >= 15 is 0 Å². The molecule has 2 rings (SSSR count). The van der Waals surface area contributed by atoms with Crippen molar-refractivity contribution in [2.45, 2.75) is 25.5 Å². The second kappa shape index (κ2) is 3.84. The second-order valence-corrected chi connectivity index (χ2v) is 3.63. The summed E-state index contributed by atoms with van der Waals surface area (Å²) in [6, 6.07) is 2.26. The van der Waals surface area contributed by atoms with E-state index in [9.17, 15) is 0 Å². The zero-order chi connectivity index (χ0) is 9.97. The molecule has 0 aliphatic carbocycles. The van der Waals surface area contributed by atoms with Crippen molar-refractivity contribution in [1.82, 2.24) is 10.3 Å². The summed E-state index contributed by atoms with van der Waals surface area (Å²) in [5.41, 5.74) is 6.23. The Balaban J connectivity index is 1.95. The average Bonchev–Trinajstić information content (AvgIpc) is 1.99. The van der Waals surface area contributed by atoms with Crippen molar-refractivity contribution in [2.75, 3.05) is 12.3 Å². The first-order chi connectivity index (χ1) is 6.75. The van der Waals surface area contributed by atoms with E-state index in [0.717, 1.165) is 12.3 Å². The van der Waals surface area contributed by atoms with Crippen LogP contribution in [0.25, 0.3) is 0 Å². The van der Waals surface area contributed by atoms with Gasteiger partial charge in [0.15, 0.2) is 0 Å². The number of aromatic nitrogens is 1. The van der Waals surface area contributed by atoms with E-state index in [1.54, 1.807) is 18.5 Å². The molecule has 1 aliphatic rings. The average molecular weight is 193 g/mol. The van der Waals surface area contributed by atoms with Gasteiger partial charge in [0, 0.05) is 12.1 Å². The fourth-order valence-corrected chi connectivity index (χ4v) is 1.51. The van der Waals surface area contributed by atoms with Gasteiger partial charge in [-0.05, 0) is 19.9 Å². The number of anilines is 1. The van der Waals surface area contributed by atoms with E-state index in [1.807, 2.05) is 0 Å². The fourth-order valence-electron chi connectivity index (χ4n) is 1.51. The number of ether oxygens (including phenoxy) is 1.